The largest absolute Gasteiger partial charge is 0.497 e. The highest BCUT2D eigenvalue weighted by molar-refractivity contribution is 6.27. The third kappa shape index (κ3) is 14.6. The number of hydrogen-bond donors (Lipinski definition) is 0. The Morgan fingerprint density at radius 3 is 0.803 bits per heavy atom. The van der Waals surface area contributed by atoms with Crippen LogP contribution in [0.25, 0.3) is 133 Å². The summed E-state index contributed by atoms with van der Waals surface area (Å²) in [7, 11) is 5.08. The van der Waals surface area contributed by atoms with Gasteiger partial charge in [0.05, 0.1) is 21.3 Å². The summed E-state index contributed by atoms with van der Waals surface area (Å²) in [6, 6.07) is 142. The molecule has 0 aliphatic rings. The summed E-state index contributed by atoms with van der Waals surface area (Å²) >= 11 is 0. The molecule has 0 aromatic heterocycles. The van der Waals surface area contributed by atoms with Gasteiger partial charge in [0.1, 0.15) is 17.2 Å². The van der Waals surface area contributed by atoms with Crippen LogP contribution >= 0.6 is 0 Å². The molecule has 0 unspecified atom stereocenters. The number of para-hydroxylation sites is 3. The van der Waals surface area contributed by atoms with Gasteiger partial charge in [-0.25, -0.2) is 0 Å². The van der Waals surface area contributed by atoms with Crippen LogP contribution < -0.4 is 28.9 Å². The average molecular weight is 1500 g/mol. The van der Waals surface area contributed by atoms with E-state index in [0.717, 1.165) is 85.1 Å². The van der Waals surface area contributed by atoms with Gasteiger partial charge in [0, 0.05) is 51.2 Å². The maximum Gasteiger partial charge on any atom is 0.119 e. The molecule has 0 N–H and O–H groups in total. The molecule has 0 radical (unpaired) electrons. The first-order chi connectivity index (χ1) is 57.8. The predicted molar refractivity (Wildman–Crippen MR) is 500 cm³/mol. The number of benzene rings is 21. The van der Waals surface area contributed by atoms with E-state index in [1.165, 1.54) is 114 Å². The van der Waals surface area contributed by atoms with Gasteiger partial charge >= 0.3 is 0 Å². The van der Waals surface area contributed by atoms with E-state index in [0.29, 0.717) is 0 Å². The van der Waals surface area contributed by atoms with Gasteiger partial charge in [0.15, 0.2) is 0 Å². The lowest BCUT2D eigenvalue weighted by Crippen LogP contribution is -2.09. The van der Waals surface area contributed by atoms with Gasteiger partial charge in [-0.05, 0) is 294 Å². The van der Waals surface area contributed by atoms with Crippen molar-refractivity contribution in [1.29, 1.82) is 0 Å². The van der Waals surface area contributed by atoms with Gasteiger partial charge in [-0.1, -0.05) is 273 Å². The Labute approximate surface area is 681 Å². The number of nitrogens with zero attached hydrogens (tertiary/aromatic N) is 3. The molecule has 21 rings (SSSR count). The van der Waals surface area contributed by atoms with E-state index in [2.05, 4.69) is 397 Å². The molecule has 0 amide bonds. The van der Waals surface area contributed by atoms with Gasteiger partial charge in [-0.3, -0.25) is 0 Å². The van der Waals surface area contributed by atoms with Gasteiger partial charge in [-0.15, -0.1) is 0 Å². The molecule has 0 bridgehead atoms. The molecule has 21 aromatic rings. The van der Waals surface area contributed by atoms with Crippen LogP contribution in [0.15, 0.2) is 400 Å². The van der Waals surface area contributed by atoms with Crippen molar-refractivity contribution >= 4 is 185 Å². The zero-order chi connectivity index (χ0) is 78.5. The van der Waals surface area contributed by atoms with Gasteiger partial charge in [-0.2, -0.15) is 0 Å². The minimum Gasteiger partial charge on any atom is -0.497 e. The molecule has 0 aliphatic carbocycles. The van der Waals surface area contributed by atoms with Crippen LogP contribution in [-0.4, -0.2) is 21.3 Å². The molecule has 0 spiro atoms. The van der Waals surface area contributed by atoms with Crippen molar-refractivity contribution in [2.24, 2.45) is 0 Å². The second-order valence-corrected chi connectivity index (χ2v) is 29.5. The summed E-state index contributed by atoms with van der Waals surface area (Å²) in [5, 5.41) is 23.6. The lowest BCUT2D eigenvalue weighted by atomic mass is 9.91. The van der Waals surface area contributed by atoms with Gasteiger partial charge in [0.25, 0.3) is 0 Å². The third-order valence-electron chi connectivity index (χ3n) is 22.5. The molecular formula is C111H81N3O3. The van der Waals surface area contributed by atoms with Crippen LogP contribution in [0.2, 0.25) is 0 Å². The molecular weight excluding hydrogens is 1420 g/mol. The Kier molecular flexibility index (Phi) is 19.8. The van der Waals surface area contributed by atoms with Crippen molar-refractivity contribution < 1.29 is 14.2 Å². The zero-order valence-electron chi connectivity index (χ0n) is 65.1. The van der Waals surface area contributed by atoms with E-state index in [4.69, 9.17) is 14.2 Å². The molecule has 0 aliphatic heterocycles. The van der Waals surface area contributed by atoms with Crippen molar-refractivity contribution in [3.8, 4) is 17.2 Å². The topological polar surface area (TPSA) is 37.4 Å². The standard InChI is InChI=1S/3C37H27NO/c1-39-34-23-21-33(22-24-34)38(31-10-3-2-4-11-31)32-19-14-26(15-20-32)13-16-29-25-30-9-5-7-27-17-18-28-8-6-12-35(29)37(28)36(27)30;1-39-34-23-21-33(22-24-34)38(31-8-3-2-4-9-31)32-19-11-26(12-20-32)10-13-27-14-15-30-17-16-28-6-5-7-29-18-25-35(27)37(30)36(28)29;1-39-35-22-20-34(21-23-35)38(32-8-3-2-4-9-32)33-18-12-26(13-19-33)10-11-27-24-30-16-14-28-6-5-7-29-15-17-31(25-27)37(30)36(28)29/h3*2-25H,1H3. The Bertz CT molecular complexity index is 7000. The highest BCUT2D eigenvalue weighted by Crippen LogP contribution is 2.44. The number of ether oxygens (including phenoxy) is 3. The van der Waals surface area contributed by atoms with E-state index >= 15 is 0 Å². The van der Waals surface area contributed by atoms with E-state index < -0.39 is 0 Å². The average Bonchev–Trinajstić information content (AvgIpc) is 0.749. The predicted octanol–water partition coefficient (Wildman–Crippen LogP) is 30.7. The monoisotopic (exact) mass is 1500 g/mol. The minimum atomic E-state index is 0.846. The highest BCUT2D eigenvalue weighted by atomic mass is 16.5. The summed E-state index contributed by atoms with van der Waals surface area (Å²) in [6.07, 6.45) is 13.3. The molecule has 21 aromatic carbocycles. The van der Waals surface area contributed by atoms with E-state index in [1.807, 2.05) is 54.6 Å². The zero-order valence-corrected chi connectivity index (χ0v) is 65.1. The van der Waals surface area contributed by atoms with Crippen molar-refractivity contribution in [2.75, 3.05) is 36.0 Å². The minimum absolute atomic E-state index is 0.846. The molecule has 6 nitrogen and oxygen atoms in total. The van der Waals surface area contributed by atoms with Crippen LogP contribution in [0, 0.1) is 0 Å². The van der Waals surface area contributed by atoms with Crippen LogP contribution in [0.3, 0.4) is 0 Å². The highest BCUT2D eigenvalue weighted by Gasteiger charge is 2.19. The van der Waals surface area contributed by atoms with Crippen molar-refractivity contribution in [2.45, 2.75) is 0 Å². The molecule has 0 atom stereocenters. The lowest BCUT2D eigenvalue weighted by Gasteiger charge is -2.25. The Hall–Kier alpha value is -15.2. The Morgan fingerprint density at radius 1 is 0.171 bits per heavy atom. The molecule has 0 fully saturated rings. The van der Waals surface area contributed by atoms with Crippen LogP contribution in [0.1, 0.15) is 33.4 Å². The number of hydrogen-bond acceptors (Lipinski definition) is 6. The smallest absolute Gasteiger partial charge is 0.119 e. The van der Waals surface area contributed by atoms with Crippen LogP contribution in [0.4, 0.5) is 51.2 Å². The summed E-state index contributed by atoms with van der Waals surface area (Å²) in [4.78, 5) is 6.77. The Morgan fingerprint density at radius 2 is 0.419 bits per heavy atom. The number of methoxy groups -OCH3 is 3. The molecule has 117 heavy (non-hydrogen) atoms. The summed E-state index contributed by atoms with van der Waals surface area (Å²) in [6.45, 7) is 0. The molecule has 6 heteroatoms. The first-order valence-electron chi connectivity index (χ1n) is 39.7. The second kappa shape index (κ2) is 32.1. The maximum absolute atomic E-state index is 5.38. The fourth-order valence-electron chi connectivity index (χ4n) is 16.7. The molecule has 0 saturated carbocycles. The lowest BCUT2D eigenvalue weighted by molar-refractivity contribution is 0.414. The van der Waals surface area contributed by atoms with Gasteiger partial charge < -0.3 is 28.9 Å². The molecule has 0 saturated heterocycles. The van der Waals surface area contributed by atoms with Gasteiger partial charge in [0.2, 0.25) is 0 Å². The number of anilines is 9. The molecule has 0 heterocycles. The fraction of sp³-hybridized carbons (Fsp3) is 0.0270. The quantitative estimate of drug-likeness (QED) is 0.0630. The maximum atomic E-state index is 5.38. The van der Waals surface area contributed by atoms with E-state index in [9.17, 15) is 0 Å². The Balaban J connectivity index is 0.000000117. The van der Waals surface area contributed by atoms with Crippen molar-refractivity contribution in [3.05, 3.63) is 434 Å². The third-order valence-corrected chi connectivity index (χ3v) is 22.5. The summed E-state index contributed by atoms with van der Waals surface area (Å²) < 4.78 is 16.1. The number of rotatable bonds is 18. The second-order valence-electron chi connectivity index (χ2n) is 29.5. The molecule has 558 valence electrons. The normalized spacial score (nSPS) is 11.6. The van der Waals surface area contributed by atoms with Crippen LogP contribution in [0.5, 0.6) is 17.2 Å². The first kappa shape index (κ1) is 72.0. The van der Waals surface area contributed by atoms with E-state index in [-0.39, 0.29) is 0 Å². The van der Waals surface area contributed by atoms with Crippen molar-refractivity contribution in [3.63, 3.8) is 0 Å². The van der Waals surface area contributed by atoms with Crippen molar-refractivity contribution in [1.82, 2.24) is 0 Å². The summed E-state index contributed by atoms with van der Waals surface area (Å²) in [5.74, 6) is 2.54. The SMILES string of the molecule is COc1ccc(N(c2ccccc2)c2ccc(C=Cc3cc4ccc5cccc6ccc(c3)c4c56)cc2)cc1.COc1ccc(N(c2ccccc2)c2ccc(C=Cc3cc4cccc5ccc6cccc3c6c54)cc2)cc1.COc1ccc(N(c2ccccc2)c2ccc(C=Cc3ccc4ccc5cccc6ccc3c4c56)cc2)cc1. The van der Waals surface area contributed by atoms with E-state index in [1.54, 1.807) is 21.3 Å². The fourth-order valence-corrected chi connectivity index (χ4v) is 16.7. The summed E-state index contributed by atoms with van der Waals surface area (Å²) in [5.41, 5.74) is 17.0. The first-order valence-corrected chi connectivity index (χ1v) is 39.7. The van der Waals surface area contributed by atoms with Crippen LogP contribution in [-0.2, 0) is 0 Å².